The Morgan fingerprint density at radius 2 is 1.67 bits per heavy atom. The Balaban J connectivity index is 1.59. The molecule has 1 spiro atoms. The quantitative estimate of drug-likeness (QED) is 0.711. The highest BCUT2D eigenvalue weighted by molar-refractivity contribution is 6.10. The Kier molecular flexibility index (Phi) is 5.08. The predicted molar refractivity (Wildman–Crippen MR) is 109 cm³/mol. The monoisotopic (exact) mass is 411 g/mol. The second-order valence-corrected chi connectivity index (χ2v) is 8.82. The summed E-state index contributed by atoms with van der Waals surface area (Å²) >= 11 is 0. The van der Waals surface area contributed by atoms with Crippen LogP contribution in [0.1, 0.15) is 55.2 Å². The predicted octanol–water partition coefficient (Wildman–Crippen LogP) is 3.27. The van der Waals surface area contributed by atoms with Crippen LogP contribution >= 0.6 is 0 Å². The first-order valence-electron chi connectivity index (χ1n) is 10.3. The summed E-state index contributed by atoms with van der Waals surface area (Å²) in [6, 6.07) is 3.68. The zero-order valence-corrected chi connectivity index (χ0v) is 17.6. The van der Waals surface area contributed by atoms with Crippen molar-refractivity contribution in [2.24, 2.45) is 5.41 Å². The summed E-state index contributed by atoms with van der Waals surface area (Å²) in [5.74, 6) is -1.20. The van der Waals surface area contributed by atoms with Gasteiger partial charge in [-0.25, -0.2) is 9.07 Å². The van der Waals surface area contributed by atoms with E-state index in [9.17, 15) is 18.8 Å². The van der Waals surface area contributed by atoms with Crippen molar-refractivity contribution in [1.82, 2.24) is 14.7 Å². The van der Waals surface area contributed by atoms with Crippen molar-refractivity contribution in [3.05, 3.63) is 47.0 Å². The maximum Gasteiger partial charge on any atom is 0.219 e. The van der Waals surface area contributed by atoms with E-state index < -0.39 is 11.7 Å². The molecule has 2 heterocycles. The number of Topliss-reactive ketones (excluding diaryl/α,β-unsaturated/α-hetero) is 2. The number of piperidine rings is 1. The summed E-state index contributed by atoms with van der Waals surface area (Å²) in [6.07, 6.45) is 4.57. The van der Waals surface area contributed by atoms with Crippen LogP contribution in [-0.2, 0) is 14.4 Å². The van der Waals surface area contributed by atoms with Crippen LogP contribution in [0.5, 0.6) is 0 Å². The fraction of sp³-hybridized carbons (Fsp3) is 0.478. The Morgan fingerprint density at radius 1 is 1.10 bits per heavy atom. The van der Waals surface area contributed by atoms with Crippen molar-refractivity contribution in [3.63, 3.8) is 0 Å². The Labute approximate surface area is 175 Å². The lowest BCUT2D eigenvalue weighted by atomic mass is 9.62. The fourth-order valence-electron chi connectivity index (χ4n) is 5.14. The van der Waals surface area contributed by atoms with Gasteiger partial charge in [0.05, 0.1) is 18.1 Å². The Bertz CT molecular complexity index is 991. The van der Waals surface area contributed by atoms with Gasteiger partial charge in [-0.3, -0.25) is 14.4 Å². The van der Waals surface area contributed by atoms with Crippen molar-refractivity contribution < 1.29 is 18.8 Å². The lowest BCUT2D eigenvalue weighted by Crippen LogP contribution is -2.48. The Morgan fingerprint density at radius 3 is 2.13 bits per heavy atom. The number of ketones is 2. The number of benzene rings is 1. The molecule has 1 saturated heterocycles. The van der Waals surface area contributed by atoms with Gasteiger partial charge in [0.25, 0.3) is 0 Å². The van der Waals surface area contributed by atoms with Gasteiger partial charge < -0.3 is 4.90 Å². The highest BCUT2D eigenvalue weighted by Gasteiger charge is 2.47. The maximum absolute atomic E-state index is 13.3. The first kappa shape index (κ1) is 20.4. The van der Waals surface area contributed by atoms with E-state index in [1.165, 1.54) is 10.9 Å². The third-order valence-corrected chi connectivity index (χ3v) is 6.69. The van der Waals surface area contributed by atoms with Gasteiger partial charge in [-0.15, -0.1) is 0 Å². The summed E-state index contributed by atoms with van der Waals surface area (Å²) < 4.78 is 14.8. The van der Waals surface area contributed by atoms with E-state index in [0.29, 0.717) is 44.5 Å². The molecule has 1 aliphatic heterocycles. The fourth-order valence-corrected chi connectivity index (χ4v) is 5.14. The van der Waals surface area contributed by atoms with Crippen molar-refractivity contribution in [2.45, 2.75) is 52.4 Å². The molecule has 1 amide bonds. The average Bonchev–Trinajstić information content (AvgIpc) is 3.10. The van der Waals surface area contributed by atoms with Crippen LogP contribution in [0.3, 0.4) is 0 Å². The molecular formula is C23H26FN3O3. The minimum Gasteiger partial charge on any atom is -0.343 e. The van der Waals surface area contributed by atoms with Crippen LogP contribution in [0.25, 0.3) is 5.69 Å². The number of hydrogen-bond donors (Lipinski definition) is 0. The topological polar surface area (TPSA) is 72.3 Å². The number of nitrogens with zero attached hydrogens (tertiary/aromatic N) is 3. The highest BCUT2D eigenvalue weighted by atomic mass is 19.1. The largest absolute Gasteiger partial charge is 0.343 e. The lowest BCUT2D eigenvalue weighted by Gasteiger charge is -2.44. The van der Waals surface area contributed by atoms with Gasteiger partial charge in [0.15, 0.2) is 5.82 Å². The summed E-state index contributed by atoms with van der Waals surface area (Å²) in [5, 5.41) is 4.00. The van der Waals surface area contributed by atoms with Gasteiger partial charge in [-0.1, -0.05) is 0 Å². The van der Waals surface area contributed by atoms with Crippen LogP contribution in [0.15, 0.2) is 24.5 Å². The van der Waals surface area contributed by atoms with Crippen molar-refractivity contribution in [1.29, 1.82) is 0 Å². The molecule has 1 saturated carbocycles. The van der Waals surface area contributed by atoms with Crippen LogP contribution in [0, 0.1) is 25.1 Å². The first-order valence-corrected chi connectivity index (χ1v) is 10.3. The van der Waals surface area contributed by atoms with E-state index >= 15 is 0 Å². The molecule has 158 valence electrons. The van der Waals surface area contributed by atoms with Gasteiger partial charge in [0.2, 0.25) is 5.91 Å². The molecule has 0 unspecified atom stereocenters. The SMILES string of the molecule is CC(=O)N1CCC2(CC1)CC(=O)C(c1c(C)cc(-n3cc(F)cn3)cc1C)C(=O)C2. The minimum atomic E-state index is -0.745. The van der Waals surface area contributed by atoms with Crippen molar-refractivity contribution in [3.8, 4) is 5.69 Å². The first-order chi connectivity index (χ1) is 14.2. The minimum absolute atomic E-state index is 0.0355. The molecule has 0 radical (unpaired) electrons. The second kappa shape index (κ2) is 7.45. The molecule has 1 aromatic carbocycles. The van der Waals surface area contributed by atoms with E-state index in [2.05, 4.69) is 5.10 Å². The van der Waals surface area contributed by atoms with Gasteiger partial charge in [-0.2, -0.15) is 5.10 Å². The van der Waals surface area contributed by atoms with Gasteiger partial charge in [-0.05, 0) is 60.9 Å². The number of rotatable bonds is 2. The maximum atomic E-state index is 13.3. The van der Waals surface area contributed by atoms with Crippen molar-refractivity contribution in [2.75, 3.05) is 13.1 Å². The molecule has 2 aromatic rings. The van der Waals surface area contributed by atoms with E-state index in [-0.39, 0.29) is 22.9 Å². The number of aryl methyl sites for hydroxylation is 2. The molecule has 30 heavy (non-hydrogen) atoms. The number of likely N-dealkylation sites (tertiary alicyclic amines) is 1. The van der Waals surface area contributed by atoms with Crippen LogP contribution in [-0.4, -0.2) is 45.2 Å². The number of aromatic nitrogens is 2. The van der Waals surface area contributed by atoms with Crippen LogP contribution in [0.2, 0.25) is 0 Å². The number of halogens is 1. The number of carbonyl (C=O) groups is 3. The molecule has 4 rings (SSSR count). The number of carbonyl (C=O) groups excluding carboxylic acids is 3. The molecule has 0 atom stereocenters. The third-order valence-electron chi connectivity index (χ3n) is 6.69. The second-order valence-electron chi connectivity index (χ2n) is 8.82. The molecule has 0 bridgehead atoms. The molecule has 2 aliphatic rings. The Hall–Kier alpha value is -2.83. The summed E-state index contributed by atoms with van der Waals surface area (Å²) in [6.45, 7) is 6.52. The molecular weight excluding hydrogens is 385 g/mol. The molecule has 2 fully saturated rings. The molecule has 0 N–H and O–H groups in total. The normalized spacial score (nSPS) is 19.5. The highest BCUT2D eigenvalue weighted by Crippen LogP contribution is 2.46. The zero-order chi connectivity index (χ0) is 21.6. The van der Waals surface area contributed by atoms with E-state index in [0.717, 1.165) is 22.9 Å². The van der Waals surface area contributed by atoms with Crippen molar-refractivity contribution >= 4 is 17.5 Å². The van der Waals surface area contributed by atoms with Crippen LogP contribution < -0.4 is 0 Å². The average molecular weight is 411 g/mol. The summed E-state index contributed by atoms with van der Waals surface area (Å²) in [5.41, 5.74) is 2.80. The lowest BCUT2D eigenvalue weighted by molar-refractivity contribution is -0.139. The third kappa shape index (κ3) is 3.57. The molecule has 1 aromatic heterocycles. The molecule has 6 nitrogen and oxygen atoms in total. The number of hydrogen-bond acceptors (Lipinski definition) is 4. The standard InChI is InChI=1S/C23H26FN3O3/c1-14-8-18(27-13-17(24)12-25-27)9-15(2)21(14)22-19(29)10-23(11-20(22)30)4-6-26(7-5-23)16(3)28/h8-9,12-13,22H,4-7,10-11H2,1-3H3. The molecule has 7 heteroatoms. The van der Waals surface area contributed by atoms with E-state index in [1.807, 2.05) is 26.0 Å². The summed E-state index contributed by atoms with van der Waals surface area (Å²) in [7, 11) is 0. The van der Waals surface area contributed by atoms with Gasteiger partial charge >= 0.3 is 0 Å². The molecule has 1 aliphatic carbocycles. The van der Waals surface area contributed by atoms with Gasteiger partial charge in [0, 0.05) is 32.9 Å². The van der Waals surface area contributed by atoms with Crippen LogP contribution in [0.4, 0.5) is 4.39 Å². The smallest absolute Gasteiger partial charge is 0.219 e. The van der Waals surface area contributed by atoms with E-state index in [1.54, 1.807) is 11.8 Å². The summed E-state index contributed by atoms with van der Waals surface area (Å²) in [4.78, 5) is 39.8. The van der Waals surface area contributed by atoms with E-state index in [4.69, 9.17) is 0 Å². The zero-order valence-electron chi connectivity index (χ0n) is 17.6. The van der Waals surface area contributed by atoms with Gasteiger partial charge in [0.1, 0.15) is 17.5 Å². The number of amides is 1.